The Hall–Kier alpha value is -0.840. The Morgan fingerprint density at radius 3 is 2.60 bits per heavy atom. The molecule has 0 aromatic carbocycles. The number of nitrogens with zero attached hydrogens (tertiary/aromatic N) is 2. The highest BCUT2D eigenvalue weighted by Gasteiger charge is 2.06. The minimum atomic E-state index is 0.684. The summed E-state index contributed by atoms with van der Waals surface area (Å²) in [5, 5.41) is 3.44. The number of furan rings is 1. The molecule has 4 nitrogen and oxygen atoms in total. The minimum Gasteiger partial charge on any atom is -0.468 e. The molecule has 1 aromatic heterocycles. The van der Waals surface area contributed by atoms with E-state index in [9.17, 15) is 0 Å². The van der Waals surface area contributed by atoms with Crippen LogP contribution in [-0.2, 0) is 13.1 Å². The van der Waals surface area contributed by atoms with Crippen LogP contribution in [0.4, 0.5) is 0 Å². The molecular formula is C16H31N3O. The molecule has 0 aliphatic heterocycles. The molecule has 4 heteroatoms. The summed E-state index contributed by atoms with van der Waals surface area (Å²) in [6.45, 7) is 9.49. The fraction of sp³-hybridized carbons (Fsp3) is 0.750. The lowest BCUT2D eigenvalue weighted by Gasteiger charge is -2.16. The van der Waals surface area contributed by atoms with Gasteiger partial charge in [-0.05, 0) is 59.2 Å². The van der Waals surface area contributed by atoms with Gasteiger partial charge in [-0.3, -0.25) is 4.90 Å². The summed E-state index contributed by atoms with van der Waals surface area (Å²) in [5.41, 5.74) is 1.24. The van der Waals surface area contributed by atoms with Gasteiger partial charge in [-0.15, -0.1) is 0 Å². The van der Waals surface area contributed by atoms with E-state index in [2.05, 4.69) is 56.2 Å². The average molecular weight is 281 g/mol. The lowest BCUT2D eigenvalue weighted by Crippen LogP contribution is -2.23. The minimum absolute atomic E-state index is 0.684. The molecule has 116 valence electrons. The lowest BCUT2D eigenvalue weighted by molar-refractivity contribution is 0.273. The van der Waals surface area contributed by atoms with Gasteiger partial charge in [0.15, 0.2) is 0 Å². The number of hydrogen-bond acceptors (Lipinski definition) is 4. The Kier molecular flexibility index (Phi) is 7.88. The molecule has 1 heterocycles. The first kappa shape index (κ1) is 17.2. The van der Waals surface area contributed by atoms with Crippen molar-refractivity contribution in [2.24, 2.45) is 5.92 Å². The van der Waals surface area contributed by atoms with Gasteiger partial charge in [-0.25, -0.2) is 0 Å². The Morgan fingerprint density at radius 2 is 1.95 bits per heavy atom. The number of nitrogens with one attached hydrogen (secondary N) is 1. The average Bonchev–Trinajstić information content (AvgIpc) is 2.75. The highest BCUT2D eigenvalue weighted by Crippen LogP contribution is 2.10. The van der Waals surface area contributed by atoms with Crippen molar-refractivity contribution >= 4 is 0 Å². The molecule has 0 amide bonds. The number of rotatable bonds is 10. The first-order chi connectivity index (χ1) is 9.47. The maximum atomic E-state index is 5.63. The van der Waals surface area contributed by atoms with Crippen LogP contribution in [0.1, 0.15) is 31.6 Å². The summed E-state index contributed by atoms with van der Waals surface area (Å²) in [4.78, 5) is 4.53. The SMILES string of the molecule is CC(C)CNCc1coc(CN(C)CCCN(C)C)c1. The predicted molar refractivity (Wildman–Crippen MR) is 84.8 cm³/mol. The fourth-order valence-electron chi connectivity index (χ4n) is 2.11. The smallest absolute Gasteiger partial charge is 0.118 e. The largest absolute Gasteiger partial charge is 0.468 e. The van der Waals surface area contributed by atoms with Crippen molar-refractivity contribution in [3.8, 4) is 0 Å². The molecule has 0 unspecified atom stereocenters. The van der Waals surface area contributed by atoms with Crippen LogP contribution in [0.15, 0.2) is 16.7 Å². The second kappa shape index (κ2) is 9.16. The van der Waals surface area contributed by atoms with Crippen LogP contribution in [0.3, 0.4) is 0 Å². The second-order valence-electron chi connectivity index (χ2n) is 6.34. The van der Waals surface area contributed by atoms with Crippen molar-refractivity contribution in [2.75, 3.05) is 40.8 Å². The normalized spacial score (nSPS) is 12.0. The van der Waals surface area contributed by atoms with Crippen molar-refractivity contribution in [1.29, 1.82) is 0 Å². The van der Waals surface area contributed by atoms with Crippen LogP contribution in [0.5, 0.6) is 0 Å². The molecule has 0 atom stereocenters. The predicted octanol–water partition coefficient (Wildman–Crippen LogP) is 2.41. The number of hydrogen-bond donors (Lipinski definition) is 1. The summed E-state index contributed by atoms with van der Waals surface area (Å²) in [6, 6.07) is 2.16. The second-order valence-corrected chi connectivity index (χ2v) is 6.34. The fourth-order valence-corrected chi connectivity index (χ4v) is 2.11. The van der Waals surface area contributed by atoms with Gasteiger partial charge in [0.25, 0.3) is 0 Å². The molecule has 1 N–H and O–H groups in total. The van der Waals surface area contributed by atoms with Crippen molar-refractivity contribution in [2.45, 2.75) is 33.4 Å². The van der Waals surface area contributed by atoms with E-state index in [0.29, 0.717) is 5.92 Å². The summed E-state index contributed by atoms with van der Waals surface area (Å²) in [5.74, 6) is 1.74. The molecule has 0 bridgehead atoms. The molecule has 1 aromatic rings. The van der Waals surface area contributed by atoms with E-state index in [0.717, 1.165) is 38.5 Å². The maximum Gasteiger partial charge on any atom is 0.118 e. The summed E-state index contributed by atoms with van der Waals surface area (Å²) < 4.78 is 5.63. The molecule has 0 aliphatic carbocycles. The van der Waals surface area contributed by atoms with Crippen molar-refractivity contribution in [3.63, 3.8) is 0 Å². The Balaban J connectivity index is 2.25. The molecular weight excluding hydrogens is 250 g/mol. The summed E-state index contributed by atoms with van der Waals surface area (Å²) in [6.07, 6.45) is 3.06. The quantitative estimate of drug-likeness (QED) is 0.714. The zero-order valence-corrected chi connectivity index (χ0v) is 13.8. The van der Waals surface area contributed by atoms with Gasteiger partial charge in [0, 0.05) is 12.1 Å². The van der Waals surface area contributed by atoms with Crippen LogP contribution in [0.2, 0.25) is 0 Å². The van der Waals surface area contributed by atoms with Gasteiger partial charge in [0.2, 0.25) is 0 Å². The van der Waals surface area contributed by atoms with Crippen LogP contribution >= 0.6 is 0 Å². The van der Waals surface area contributed by atoms with E-state index < -0.39 is 0 Å². The molecule has 0 saturated heterocycles. The van der Waals surface area contributed by atoms with E-state index >= 15 is 0 Å². The van der Waals surface area contributed by atoms with Crippen molar-refractivity contribution in [3.05, 3.63) is 23.7 Å². The standard InChI is InChI=1S/C16H31N3O/c1-14(2)10-17-11-15-9-16(20-13-15)12-19(5)8-6-7-18(3)4/h9,13-14,17H,6-8,10-12H2,1-5H3. The van der Waals surface area contributed by atoms with E-state index in [1.54, 1.807) is 0 Å². The third kappa shape index (κ3) is 7.68. The molecule has 20 heavy (non-hydrogen) atoms. The Morgan fingerprint density at radius 1 is 1.20 bits per heavy atom. The van der Waals surface area contributed by atoms with Crippen LogP contribution in [0.25, 0.3) is 0 Å². The first-order valence-electron chi connectivity index (χ1n) is 7.57. The van der Waals surface area contributed by atoms with E-state index in [1.165, 1.54) is 12.0 Å². The van der Waals surface area contributed by atoms with Crippen LogP contribution in [0, 0.1) is 5.92 Å². The van der Waals surface area contributed by atoms with Crippen LogP contribution in [-0.4, -0.2) is 50.6 Å². The van der Waals surface area contributed by atoms with Gasteiger partial charge in [-0.1, -0.05) is 13.8 Å². The third-order valence-corrected chi connectivity index (χ3v) is 3.16. The Bertz CT molecular complexity index is 360. The van der Waals surface area contributed by atoms with Gasteiger partial charge in [0.05, 0.1) is 12.8 Å². The van der Waals surface area contributed by atoms with E-state index in [-0.39, 0.29) is 0 Å². The van der Waals surface area contributed by atoms with Crippen molar-refractivity contribution < 1.29 is 4.42 Å². The first-order valence-corrected chi connectivity index (χ1v) is 7.57. The third-order valence-electron chi connectivity index (χ3n) is 3.16. The molecule has 0 radical (unpaired) electrons. The van der Waals surface area contributed by atoms with Gasteiger partial charge >= 0.3 is 0 Å². The Labute approximate surface area is 124 Å². The zero-order chi connectivity index (χ0) is 15.0. The molecule has 0 fully saturated rings. The molecule has 0 saturated carbocycles. The summed E-state index contributed by atoms with van der Waals surface area (Å²) in [7, 11) is 6.38. The monoisotopic (exact) mass is 281 g/mol. The highest BCUT2D eigenvalue weighted by atomic mass is 16.3. The molecule has 0 spiro atoms. The molecule has 0 aliphatic rings. The van der Waals surface area contributed by atoms with Crippen LogP contribution < -0.4 is 5.32 Å². The maximum absolute atomic E-state index is 5.63. The lowest BCUT2D eigenvalue weighted by atomic mass is 10.2. The van der Waals surface area contributed by atoms with Gasteiger partial charge < -0.3 is 14.6 Å². The van der Waals surface area contributed by atoms with Gasteiger partial charge in [0.1, 0.15) is 5.76 Å². The molecule has 1 rings (SSSR count). The zero-order valence-electron chi connectivity index (χ0n) is 13.8. The topological polar surface area (TPSA) is 31.7 Å². The highest BCUT2D eigenvalue weighted by molar-refractivity contribution is 5.12. The van der Waals surface area contributed by atoms with E-state index in [4.69, 9.17) is 4.42 Å². The van der Waals surface area contributed by atoms with E-state index in [1.807, 2.05) is 6.26 Å². The van der Waals surface area contributed by atoms with Gasteiger partial charge in [-0.2, -0.15) is 0 Å². The van der Waals surface area contributed by atoms with Crippen molar-refractivity contribution in [1.82, 2.24) is 15.1 Å². The summed E-state index contributed by atoms with van der Waals surface area (Å²) >= 11 is 0.